The molecule has 1 fully saturated rings. The van der Waals surface area contributed by atoms with Crippen LogP contribution in [0, 0.1) is 6.92 Å². The molecule has 9 nitrogen and oxygen atoms in total. The van der Waals surface area contributed by atoms with Crippen LogP contribution in [-0.2, 0) is 32.2 Å². The predicted octanol–water partition coefficient (Wildman–Crippen LogP) is 1.01. The number of hydrogen-bond acceptors (Lipinski definition) is 6. The monoisotopic (exact) mass is 396 g/mol. The van der Waals surface area contributed by atoms with Gasteiger partial charge < -0.3 is 19.8 Å². The second-order valence-electron chi connectivity index (χ2n) is 6.91. The van der Waals surface area contributed by atoms with Gasteiger partial charge in [0, 0.05) is 6.20 Å². The molecule has 1 aliphatic heterocycles. The van der Waals surface area contributed by atoms with Crippen LogP contribution in [-0.4, -0.2) is 38.7 Å². The maximum absolute atomic E-state index is 12.5. The van der Waals surface area contributed by atoms with Crippen LogP contribution in [0.1, 0.15) is 17.5 Å². The predicted molar refractivity (Wildman–Crippen MR) is 103 cm³/mol. The number of carbonyl (C=O) groups is 2. The first-order valence-electron chi connectivity index (χ1n) is 9.19. The first kappa shape index (κ1) is 18.9. The number of benzene rings is 1. The Kier molecular flexibility index (Phi) is 5.13. The molecule has 9 heteroatoms. The van der Waals surface area contributed by atoms with E-state index >= 15 is 0 Å². The number of aryl methyl sites for hydroxylation is 1. The standard InChI is InChI=1S/C20H20N4O5/c1-12-8-21-18-17(12)22-11-24(19(18)27)9-15(25)23-14-7-16(26)29-20(14)28-10-13-5-3-2-4-6-13/h2-6,8,11,14,20-21H,7,9-10H2,1H3,(H,23,25)/t14-,20?/m0/s1. The van der Waals surface area contributed by atoms with Gasteiger partial charge in [-0.05, 0) is 18.1 Å². The van der Waals surface area contributed by atoms with Gasteiger partial charge in [-0.2, -0.15) is 0 Å². The molecule has 1 amide bonds. The number of nitrogens with one attached hydrogen (secondary N) is 2. The Morgan fingerprint density at radius 2 is 2.14 bits per heavy atom. The van der Waals surface area contributed by atoms with E-state index in [2.05, 4.69) is 15.3 Å². The summed E-state index contributed by atoms with van der Waals surface area (Å²) in [6.07, 6.45) is 2.16. The minimum atomic E-state index is -0.880. The lowest BCUT2D eigenvalue weighted by Gasteiger charge is -2.19. The molecule has 3 aromatic rings. The molecule has 0 radical (unpaired) electrons. The number of aromatic nitrogens is 3. The van der Waals surface area contributed by atoms with Crippen molar-refractivity contribution in [1.29, 1.82) is 0 Å². The van der Waals surface area contributed by atoms with Crippen molar-refractivity contribution in [3.63, 3.8) is 0 Å². The van der Waals surface area contributed by atoms with Gasteiger partial charge in [-0.3, -0.25) is 19.0 Å². The van der Waals surface area contributed by atoms with E-state index in [1.165, 1.54) is 10.9 Å². The Morgan fingerprint density at radius 1 is 1.34 bits per heavy atom. The maximum atomic E-state index is 12.5. The molecule has 2 N–H and O–H groups in total. The topological polar surface area (TPSA) is 115 Å². The van der Waals surface area contributed by atoms with Gasteiger partial charge in [0.25, 0.3) is 5.56 Å². The Bertz CT molecular complexity index is 1110. The summed E-state index contributed by atoms with van der Waals surface area (Å²) in [5.41, 5.74) is 2.37. The van der Waals surface area contributed by atoms with Crippen molar-refractivity contribution in [1.82, 2.24) is 19.9 Å². The number of carbonyl (C=O) groups excluding carboxylic acids is 2. The van der Waals surface area contributed by atoms with E-state index in [1.807, 2.05) is 37.3 Å². The molecule has 1 aliphatic rings. The fraction of sp³-hybridized carbons (Fsp3) is 0.300. The van der Waals surface area contributed by atoms with Crippen molar-refractivity contribution >= 4 is 22.9 Å². The molecule has 1 aromatic carbocycles. The smallest absolute Gasteiger partial charge is 0.310 e. The third-order valence-electron chi connectivity index (χ3n) is 4.72. The summed E-state index contributed by atoms with van der Waals surface area (Å²) in [5.74, 6) is -0.886. The third-order valence-corrected chi connectivity index (χ3v) is 4.72. The normalized spacial score (nSPS) is 18.7. The van der Waals surface area contributed by atoms with E-state index in [-0.39, 0.29) is 25.1 Å². The number of nitrogens with zero attached hydrogens (tertiary/aromatic N) is 2. The zero-order chi connectivity index (χ0) is 20.4. The summed E-state index contributed by atoms with van der Waals surface area (Å²) in [5, 5.41) is 2.72. The van der Waals surface area contributed by atoms with Gasteiger partial charge in [0.05, 0.1) is 24.9 Å². The Balaban J connectivity index is 1.41. The largest absolute Gasteiger partial charge is 0.433 e. The van der Waals surface area contributed by atoms with Gasteiger partial charge in [-0.15, -0.1) is 0 Å². The number of cyclic esters (lactones) is 1. The number of aromatic amines is 1. The van der Waals surface area contributed by atoms with Crippen LogP contribution in [0.4, 0.5) is 0 Å². The lowest BCUT2D eigenvalue weighted by molar-refractivity contribution is -0.168. The summed E-state index contributed by atoms with van der Waals surface area (Å²) in [4.78, 5) is 43.8. The van der Waals surface area contributed by atoms with E-state index in [0.717, 1.165) is 11.1 Å². The zero-order valence-electron chi connectivity index (χ0n) is 15.8. The van der Waals surface area contributed by atoms with Gasteiger partial charge in [0.2, 0.25) is 12.2 Å². The Morgan fingerprint density at radius 3 is 2.93 bits per heavy atom. The molecule has 2 atom stereocenters. The molecule has 0 spiro atoms. The Labute approximate surface area is 165 Å². The summed E-state index contributed by atoms with van der Waals surface area (Å²) >= 11 is 0. The van der Waals surface area contributed by atoms with Crippen molar-refractivity contribution in [2.75, 3.05) is 0 Å². The molecule has 0 bridgehead atoms. The van der Waals surface area contributed by atoms with Crippen molar-refractivity contribution in [3.8, 4) is 0 Å². The van der Waals surface area contributed by atoms with Crippen LogP contribution >= 0.6 is 0 Å². The van der Waals surface area contributed by atoms with Gasteiger partial charge in [0.15, 0.2) is 0 Å². The number of rotatable bonds is 6. The lowest BCUT2D eigenvalue weighted by Crippen LogP contribution is -2.44. The highest BCUT2D eigenvalue weighted by atomic mass is 16.7. The molecular weight excluding hydrogens is 376 g/mol. The summed E-state index contributed by atoms with van der Waals surface area (Å²) < 4.78 is 12.0. The lowest BCUT2D eigenvalue weighted by atomic mass is 10.2. The highest BCUT2D eigenvalue weighted by Gasteiger charge is 2.36. The first-order valence-corrected chi connectivity index (χ1v) is 9.19. The number of H-pyrrole nitrogens is 1. The number of amides is 1. The number of esters is 1. The summed E-state index contributed by atoms with van der Waals surface area (Å²) in [7, 11) is 0. The molecule has 4 rings (SSSR count). The SMILES string of the molecule is Cc1c[nH]c2c(=O)n(CC(=O)N[C@H]3CC(=O)OC3OCc3ccccc3)cnc12. The number of ether oxygens (including phenoxy) is 2. The van der Waals surface area contributed by atoms with Crippen molar-refractivity contribution in [2.45, 2.75) is 38.8 Å². The van der Waals surface area contributed by atoms with Gasteiger partial charge >= 0.3 is 5.97 Å². The van der Waals surface area contributed by atoms with Crippen molar-refractivity contribution in [3.05, 3.63) is 64.3 Å². The maximum Gasteiger partial charge on any atom is 0.310 e. The molecule has 150 valence electrons. The first-order chi connectivity index (χ1) is 14.0. The van der Waals surface area contributed by atoms with E-state index in [9.17, 15) is 14.4 Å². The molecule has 0 aliphatic carbocycles. The minimum Gasteiger partial charge on any atom is -0.433 e. The zero-order valence-corrected chi connectivity index (χ0v) is 15.8. The molecule has 2 aromatic heterocycles. The second kappa shape index (κ2) is 7.88. The van der Waals surface area contributed by atoms with Crippen molar-refractivity contribution in [2.24, 2.45) is 0 Å². The number of hydrogen-bond donors (Lipinski definition) is 2. The highest BCUT2D eigenvalue weighted by Crippen LogP contribution is 2.18. The minimum absolute atomic E-state index is 0.00715. The molecule has 29 heavy (non-hydrogen) atoms. The molecule has 3 heterocycles. The molecule has 1 unspecified atom stereocenters. The average molecular weight is 396 g/mol. The van der Waals surface area contributed by atoms with Gasteiger partial charge in [-0.1, -0.05) is 30.3 Å². The quantitative estimate of drug-likeness (QED) is 0.601. The molecule has 0 saturated carbocycles. The highest BCUT2D eigenvalue weighted by molar-refractivity contribution is 5.80. The fourth-order valence-electron chi connectivity index (χ4n) is 3.24. The third kappa shape index (κ3) is 4.04. The van der Waals surface area contributed by atoms with E-state index in [4.69, 9.17) is 9.47 Å². The Hall–Kier alpha value is -3.46. The summed E-state index contributed by atoms with van der Waals surface area (Å²) in [6.45, 7) is 1.86. The van der Waals surface area contributed by atoms with Gasteiger partial charge in [-0.25, -0.2) is 4.98 Å². The van der Waals surface area contributed by atoms with Crippen LogP contribution < -0.4 is 10.9 Å². The summed E-state index contributed by atoms with van der Waals surface area (Å²) in [6, 6.07) is 8.81. The van der Waals surface area contributed by atoms with E-state index in [0.29, 0.717) is 11.0 Å². The van der Waals surface area contributed by atoms with Gasteiger partial charge in [0.1, 0.15) is 18.1 Å². The average Bonchev–Trinajstić information content (AvgIpc) is 3.25. The van der Waals surface area contributed by atoms with Crippen LogP contribution in [0.2, 0.25) is 0 Å². The fourth-order valence-corrected chi connectivity index (χ4v) is 3.24. The second-order valence-corrected chi connectivity index (χ2v) is 6.91. The van der Waals surface area contributed by atoms with Crippen LogP contribution in [0.25, 0.3) is 11.0 Å². The van der Waals surface area contributed by atoms with Crippen LogP contribution in [0.3, 0.4) is 0 Å². The van der Waals surface area contributed by atoms with E-state index in [1.54, 1.807) is 6.20 Å². The number of fused-ring (bicyclic) bond motifs is 1. The van der Waals surface area contributed by atoms with Crippen LogP contribution in [0.5, 0.6) is 0 Å². The van der Waals surface area contributed by atoms with Crippen molar-refractivity contribution < 1.29 is 19.1 Å². The molecular formula is C20H20N4O5. The van der Waals surface area contributed by atoms with Crippen LogP contribution in [0.15, 0.2) is 47.7 Å². The molecule has 1 saturated heterocycles. The van der Waals surface area contributed by atoms with E-state index < -0.39 is 24.2 Å².